The van der Waals surface area contributed by atoms with Crippen LogP contribution in [0.1, 0.15) is 38.3 Å². The third-order valence-corrected chi connectivity index (χ3v) is 5.15. The normalized spacial score (nSPS) is 17.5. The van der Waals surface area contributed by atoms with E-state index in [1.54, 1.807) is 12.1 Å². The van der Waals surface area contributed by atoms with Gasteiger partial charge in [0.25, 0.3) is 0 Å². The van der Waals surface area contributed by atoms with E-state index in [1.807, 2.05) is 56.0 Å². The number of nitrogens with zero attached hydrogens (tertiary/aromatic N) is 2. The fraction of sp³-hybridized carbons (Fsp3) is 0.458. The van der Waals surface area contributed by atoms with Crippen LogP contribution in [0.2, 0.25) is 5.02 Å². The fourth-order valence-corrected chi connectivity index (χ4v) is 3.52. The molecule has 0 saturated heterocycles. The maximum absolute atomic E-state index is 14.2. The summed E-state index contributed by atoms with van der Waals surface area (Å²) in [6.45, 7) is 7.23. The van der Waals surface area contributed by atoms with Crippen LogP contribution >= 0.6 is 11.6 Å². The van der Waals surface area contributed by atoms with Crippen LogP contribution < -0.4 is 0 Å². The first-order valence-corrected chi connectivity index (χ1v) is 10.8. The molecule has 31 heavy (non-hydrogen) atoms. The van der Waals surface area contributed by atoms with Gasteiger partial charge in [0.1, 0.15) is 11.9 Å². The van der Waals surface area contributed by atoms with Gasteiger partial charge in [0.05, 0.1) is 24.0 Å². The number of hydrogen-bond acceptors (Lipinski definition) is 5. The molecule has 0 aliphatic carbocycles. The van der Waals surface area contributed by atoms with Gasteiger partial charge in [-0.1, -0.05) is 47.1 Å². The van der Waals surface area contributed by atoms with Gasteiger partial charge in [-0.05, 0) is 44.5 Å². The van der Waals surface area contributed by atoms with E-state index in [0.717, 1.165) is 11.3 Å². The summed E-state index contributed by atoms with van der Waals surface area (Å²) in [6, 6.07) is 14.2. The molecule has 168 valence electrons. The van der Waals surface area contributed by atoms with E-state index in [-0.39, 0.29) is 24.1 Å². The monoisotopic (exact) mass is 448 g/mol. The highest BCUT2D eigenvalue weighted by Gasteiger charge is 2.26. The average molecular weight is 449 g/mol. The van der Waals surface area contributed by atoms with Crippen molar-refractivity contribution in [3.8, 4) is 0 Å². The van der Waals surface area contributed by atoms with Gasteiger partial charge in [0.15, 0.2) is 0 Å². The zero-order chi connectivity index (χ0) is 22.4. The van der Waals surface area contributed by atoms with Crippen LogP contribution in [0, 0.1) is 5.82 Å². The smallest absolute Gasteiger partial charge is 0.145 e. The molecule has 1 aliphatic rings. The quantitative estimate of drug-likeness (QED) is 0.606. The number of ether oxygens (including phenoxy) is 1. The minimum atomic E-state index is -0.705. The Hall–Kier alpha value is -1.99. The molecule has 1 heterocycles. The van der Waals surface area contributed by atoms with Crippen molar-refractivity contribution in [1.82, 2.24) is 4.90 Å². The van der Waals surface area contributed by atoms with Gasteiger partial charge < -0.3 is 14.7 Å². The van der Waals surface area contributed by atoms with Crippen molar-refractivity contribution in [1.29, 1.82) is 0 Å². The first-order chi connectivity index (χ1) is 14.7. The molecule has 3 rings (SSSR count). The van der Waals surface area contributed by atoms with E-state index in [0.29, 0.717) is 36.6 Å². The summed E-state index contributed by atoms with van der Waals surface area (Å²) < 4.78 is 19.9. The largest absolute Gasteiger partial charge is 0.390 e. The molecule has 2 aromatic carbocycles. The van der Waals surface area contributed by atoms with Crippen LogP contribution in [0.3, 0.4) is 0 Å². The standard InChI is InChI=1S/C24H30ClFN2O3/c1-24(2,3)30-16-20(29)14-28(13-18-6-4-5-7-22(18)26)15-21-12-23(27-31-21)17-8-10-19(25)11-9-17/h4-11,20-21,29H,12-16H2,1-3H3/t20-,21-/m1/s1. The molecule has 0 saturated carbocycles. The first-order valence-electron chi connectivity index (χ1n) is 10.5. The van der Waals surface area contributed by atoms with E-state index in [2.05, 4.69) is 5.16 Å². The zero-order valence-electron chi connectivity index (χ0n) is 18.2. The summed E-state index contributed by atoms with van der Waals surface area (Å²) in [7, 11) is 0. The van der Waals surface area contributed by atoms with Crippen molar-refractivity contribution in [3.63, 3.8) is 0 Å². The highest BCUT2D eigenvalue weighted by atomic mass is 35.5. The predicted molar refractivity (Wildman–Crippen MR) is 121 cm³/mol. The Kier molecular flexibility index (Phi) is 8.06. The third-order valence-electron chi connectivity index (χ3n) is 4.90. The maximum Gasteiger partial charge on any atom is 0.145 e. The third kappa shape index (κ3) is 7.58. The lowest BCUT2D eigenvalue weighted by molar-refractivity contribution is -0.0601. The molecule has 1 N–H and O–H groups in total. The van der Waals surface area contributed by atoms with Crippen molar-refractivity contribution < 1.29 is 19.1 Å². The SMILES string of the molecule is CC(C)(C)OC[C@H](O)CN(Cc1ccccc1F)C[C@H]1CC(c2ccc(Cl)cc2)=NO1. The van der Waals surface area contributed by atoms with Crippen molar-refractivity contribution in [2.45, 2.75) is 51.5 Å². The summed E-state index contributed by atoms with van der Waals surface area (Å²) in [4.78, 5) is 7.64. The van der Waals surface area contributed by atoms with Gasteiger partial charge in [-0.15, -0.1) is 0 Å². The molecule has 0 fully saturated rings. The Balaban J connectivity index is 1.63. The van der Waals surface area contributed by atoms with E-state index < -0.39 is 6.10 Å². The van der Waals surface area contributed by atoms with Gasteiger partial charge in [0.2, 0.25) is 0 Å². The van der Waals surface area contributed by atoms with Gasteiger partial charge in [-0.25, -0.2) is 4.39 Å². The number of oxime groups is 1. The first kappa shape index (κ1) is 23.7. The van der Waals surface area contributed by atoms with Crippen molar-refractivity contribution >= 4 is 17.3 Å². The Morgan fingerprint density at radius 2 is 1.94 bits per heavy atom. The van der Waals surface area contributed by atoms with Crippen LogP contribution in [-0.2, 0) is 16.1 Å². The molecule has 0 spiro atoms. The topological polar surface area (TPSA) is 54.3 Å². The fourth-order valence-electron chi connectivity index (χ4n) is 3.40. The van der Waals surface area contributed by atoms with Crippen molar-refractivity contribution in [2.75, 3.05) is 19.7 Å². The maximum atomic E-state index is 14.2. The Morgan fingerprint density at radius 1 is 1.23 bits per heavy atom. The Labute approximate surface area is 188 Å². The molecule has 0 radical (unpaired) electrons. The van der Waals surface area contributed by atoms with E-state index in [9.17, 15) is 9.50 Å². The molecule has 0 bridgehead atoms. The average Bonchev–Trinajstić information content (AvgIpc) is 3.16. The highest BCUT2D eigenvalue weighted by molar-refractivity contribution is 6.30. The van der Waals surface area contributed by atoms with Crippen LogP contribution in [0.5, 0.6) is 0 Å². The second-order valence-corrected chi connectivity index (χ2v) is 9.28. The van der Waals surface area contributed by atoms with Gasteiger partial charge in [-0.2, -0.15) is 0 Å². The molecule has 7 heteroatoms. The molecular formula is C24H30ClFN2O3. The Morgan fingerprint density at radius 3 is 2.61 bits per heavy atom. The lowest BCUT2D eigenvalue weighted by Gasteiger charge is -2.28. The number of aliphatic hydroxyl groups excluding tert-OH is 1. The molecular weight excluding hydrogens is 419 g/mol. The molecule has 2 aromatic rings. The summed E-state index contributed by atoms with van der Waals surface area (Å²) in [5.74, 6) is -0.265. The number of halogens is 2. The second-order valence-electron chi connectivity index (χ2n) is 8.84. The van der Waals surface area contributed by atoms with Crippen LogP contribution in [0.15, 0.2) is 53.7 Å². The molecule has 0 amide bonds. The second kappa shape index (κ2) is 10.6. The zero-order valence-corrected chi connectivity index (χ0v) is 19.0. The summed E-state index contributed by atoms with van der Waals surface area (Å²) in [5, 5.41) is 15.4. The Bertz CT molecular complexity index is 883. The van der Waals surface area contributed by atoms with Crippen LogP contribution in [0.4, 0.5) is 4.39 Å². The summed E-state index contributed by atoms with van der Waals surface area (Å²) >= 11 is 5.97. The van der Waals surface area contributed by atoms with E-state index in [1.165, 1.54) is 6.07 Å². The van der Waals surface area contributed by atoms with Gasteiger partial charge >= 0.3 is 0 Å². The lowest BCUT2D eigenvalue weighted by Crippen LogP contribution is -2.40. The predicted octanol–water partition coefficient (Wildman–Crippen LogP) is 4.65. The minimum absolute atomic E-state index is 0.187. The number of aliphatic hydroxyl groups is 1. The van der Waals surface area contributed by atoms with Crippen molar-refractivity contribution in [3.05, 3.63) is 70.5 Å². The number of hydrogen-bond donors (Lipinski definition) is 1. The summed E-state index contributed by atoms with van der Waals surface area (Å²) in [6.07, 6.45) is -0.262. The van der Waals surface area contributed by atoms with Gasteiger partial charge in [-0.3, -0.25) is 4.90 Å². The van der Waals surface area contributed by atoms with Crippen molar-refractivity contribution in [2.24, 2.45) is 5.16 Å². The van der Waals surface area contributed by atoms with Gasteiger partial charge in [0, 0.05) is 36.6 Å². The van der Waals surface area contributed by atoms with E-state index >= 15 is 0 Å². The molecule has 0 unspecified atom stereocenters. The van der Waals surface area contributed by atoms with Crippen LogP contribution in [0.25, 0.3) is 0 Å². The highest BCUT2D eigenvalue weighted by Crippen LogP contribution is 2.21. The molecule has 2 atom stereocenters. The number of benzene rings is 2. The summed E-state index contributed by atoms with van der Waals surface area (Å²) in [5.41, 5.74) is 2.05. The molecule has 1 aliphatic heterocycles. The lowest BCUT2D eigenvalue weighted by atomic mass is 10.0. The minimum Gasteiger partial charge on any atom is -0.390 e. The van der Waals surface area contributed by atoms with Crippen LogP contribution in [-0.4, -0.2) is 53.2 Å². The van der Waals surface area contributed by atoms with E-state index in [4.69, 9.17) is 21.2 Å². The molecule has 0 aromatic heterocycles. The molecule has 5 nitrogen and oxygen atoms in total. The number of rotatable bonds is 9.